The number of halogens is 1. The fourth-order valence-corrected chi connectivity index (χ4v) is 5.24. The van der Waals surface area contributed by atoms with Crippen LogP contribution in [-0.2, 0) is 0 Å². The first kappa shape index (κ1) is 22.9. The number of anilines is 1. The summed E-state index contributed by atoms with van der Waals surface area (Å²) in [7, 11) is 0. The molecule has 0 aliphatic carbocycles. The monoisotopic (exact) mass is 484 g/mol. The van der Waals surface area contributed by atoms with E-state index in [2.05, 4.69) is 31.8 Å². The summed E-state index contributed by atoms with van der Waals surface area (Å²) >= 11 is 7.25. The third kappa shape index (κ3) is 4.47. The van der Waals surface area contributed by atoms with Gasteiger partial charge < -0.3 is 15.0 Å². The average Bonchev–Trinajstić information content (AvgIpc) is 3.37. The lowest BCUT2D eigenvalue weighted by Crippen LogP contribution is -2.40. The highest BCUT2D eigenvalue weighted by Gasteiger charge is 2.32. The number of aromatic nitrogens is 4. The van der Waals surface area contributed by atoms with Crippen molar-refractivity contribution in [1.82, 2.24) is 19.9 Å². The minimum absolute atomic E-state index is 0.124. The number of Topliss-reactive ketones (excluding diaryl/α,β-unsaturated/α-hetero) is 1. The van der Waals surface area contributed by atoms with Crippen molar-refractivity contribution >= 4 is 39.8 Å². The normalized spacial score (nSPS) is 18.2. The number of nitrogens with one attached hydrogen (secondary N) is 1. The summed E-state index contributed by atoms with van der Waals surface area (Å²) in [6.45, 7) is 5.08. The molecule has 1 aliphatic heterocycles. The number of hydrogen-bond acceptors (Lipinski definition) is 8. The molecule has 1 saturated heterocycles. The summed E-state index contributed by atoms with van der Waals surface area (Å²) in [5.74, 6) is -0.890. The molecule has 0 saturated carbocycles. The summed E-state index contributed by atoms with van der Waals surface area (Å²) in [5.41, 5.74) is 1.80. The van der Waals surface area contributed by atoms with Gasteiger partial charge in [-0.05, 0) is 25.2 Å². The van der Waals surface area contributed by atoms with E-state index in [1.807, 2.05) is 6.07 Å². The van der Waals surface area contributed by atoms with E-state index in [0.29, 0.717) is 46.7 Å². The van der Waals surface area contributed by atoms with Crippen molar-refractivity contribution < 1.29 is 14.7 Å². The standard InChI is InChI=1S/C22H21ClN6O3S/c1-11-10-29(22-28-19(20(33-22)21(31)32)15-9-25-4-5-26-15)6-3-13(11)7-16(30)18-14(8-24)17(23)12(2)27-18/h4-5,9,11,13,27H,3,6-7,10H2,1-2H3,(H,31,32)/t11-,13-/m0/s1. The van der Waals surface area contributed by atoms with Crippen LogP contribution in [-0.4, -0.2) is 49.9 Å². The Balaban J connectivity index is 1.49. The van der Waals surface area contributed by atoms with E-state index >= 15 is 0 Å². The molecule has 3 aromatic rings. The zero-order valence-electron chi connectivity index (χ0n) is 18.0. The second kappa shape index (κ2) is 9.29. The molecular weight excluding hydrogens is 464 g/mol. The van der Waals surface area contributed by atoms with Gasteiger partial charge >= 0.3 is 5.97 Å². The van der Waals surface area contributed by atoms with Crippen LogP contribution in [0.25, 0.3) is 11.4 Å². The van der Waals surface area contributed by atoms with Crippen LogP contribution in [0.2, 0.25) is 5.02 Å². The quantitative estimate of drug-likeness (QED) is 0.497. The van der Waals surface area contributed by atoms with E-state index in [1.54, 1.807) is 6.92 Å². The second-order valence-electron chi connectivity index (χ2n) is 8.10. The molecule has 0 radical (unpaired) electrons. The summed E-state index contributed by atoms with van der Waals surface area (Å²) < 4.78 is 0. The number of nitrogens with zero attached hydrogens (tertiary/aromatic N) is 5. The molecule has 170 valence electrons. The Morgan fingerprint density at radius 2 is 2.21 bits per heavy atom. The molecule has 0 bridgehead atoms. The van der Waals surface area contributed by atoms with E-state index < -0.39 is 5.97 Å². The minimum atomic E-state index is -1.05. The third-order valence-corrected chi connectivity index (χ3v) is 7.50. The Morgan fingerprint density at radius 1 is 1.42 bits per heavy atom. The van der Waals surface area contributed by atoms with E-state index in [-0.39, 0.29) is 33.8 Å². The molecule has 0 amide bonds. The van der Waals surface area contributed by atoms with Crippen molar-refractivity contribution in [3.05, 3.63) is 45.4 Å². The number of carbonyl (C=O) groups is 2. The van der Waals surface area contributed by atoms with Gasteiger partial charge in [0.15, 0.2) is 10.9 Å². The highest BCUT2D eigenvalue weighted by Crippen LogP contribution is 2.36. The topological polar surface area (TPSA) is 136 Å². The lowest BCUT2D eigenvalue weighted by Gasteiger charge is -2.36. The SMILES string of the molecule is Cc1[nH]c(C(=O)C[C@@H]2CCN(c3nc(-c4cnccn4)c(C(=O)O)s3)C[C@@H]2C)c(C#N)c1Cl. The van der Waals surface area contributed by atoms with Crippen molar-refractivity contribution in [1.29, 1.82) is 5.26 Å². The van der Waals surface area contributed by atoms with E-state index in [9.17, 15) is 20.0 Å². The maximum absolute atomic E-state index is 12.9. The van der Waals surface area contributed by atoms with Crippen LogP contribution < -0.4 is 4.90 Å². The summed E-state index contributed by atoms with van der Waals surface area (Å²) in [6.07, 6.45) is 5.57. The molecule has 1 fully saturated rings. The van der Waals surface area contributed by atoms with E-state index in [0.717, 1.165) is 17.8 Å². The van der Waals surface area contributed by atoms with Gasteiger partial charge in [-0.3, -0.25) is 14.8 Å². The molecule has 0 aromatic carbocycles. The van der Waals surface area contributed by atoms with Crippen molar-refractivity contribution in [3.8, 4) is 17.5 Å². The number of aryl methyl sites for hydroxylation is 1. The van der Waals surface area contributed by atoms with Crippen molar-refractivity contribution in [2.75, 3.05) is 18.0 Å². The first-order valence-electron chi connectivity index (χ1n) is 10.4. The zero-order valence-corrected chi connectivity index (χ0v) is 19.6. The maximum Gasteiger partial charge on any atom is 0.348 e. The Labute approximate surface area is 199 Å². The lowest BCUT2D eigenvalue weighted by atomic mass is 9.83. The van der Waals surface area contributed by atoms with Crippen molar-refractivity contribution in [3.63, 3.8) is 0 Å². The van der Waals surface area contributed by atoms with E-state index in [1.165, 1.54) is 18.6 Å². The molecule has 1 aliphatic rings. The first-order valence-corrected chi connectivity index (χ1v) is 11.6. The Bertz CT molecular complexity index is 1250. The van der Waals surface area contributed by atoms with E-state index in [4.69, 9.17) is 11.6 Å². The van der Waals surface area contributed by atoms with Gasteiger partial charge in [0.05, 0.1) is 16.8 Å². The number of carbonyl (C=O) groups excluding carboxylic acids is 1. The summed E-state index contributed by atoms with van der Waals surface area (Å²) in [5, 5.41) is 19.9. The van der Waals surface area contributed by atoms with Crippen LogP contribution >= 0.6 is 22.9 Å². The van der Waals surface area contributed by atoms with Crippen molar-refractivity contribution in [2.24, 2.45) is 11.8 Å². The molecule has 0 spiro atoms. The van der Waals surface area contributed by atoms with Gasteiger partial charge in [0.2, 0.25) is 0 Å². The number of aromatic carboxylic acids is 1. The number of hydrogen-bond donors (Lipinski definition) is 2. The number of carboxylic acid groups (broad SMARTS) is 1. The number of H-pyrrole nitrogens is 1. The average molecular weight is 485 g/mol. The molecule has 2 N–H and O–H groups in total. The van der Waals surface area contributed by atoms with Crippen LogP contribution in [0.1, 0.15) is 51.2 Å². The molecule has 9 nitrogen and oxygen atoms in total. The predicted molar refractivity (Wildman–Crippen MR) is 124 cm³/mol. The Morgan fingerprint density at radius 3 is 2.85 bits per heavy atom. The second-order valence-corrected chi connectivity index (χ2v) is 9.45. The lowest BCUT2D eigenvalue weighted by molar-refractivity contribution is 0.0702. The zero-order chi connectivity index (χ0) is 23.7. The van der Waals surface area contributed by atoms with Crippen LogP contribution in [0.3, 0.4) is 0 Å². The van der Waals surface area contributed by atoms with Gasteiger partial charge in [0, 0.05) is 37.6 Å². The highest BCUT2D eigenvalue weighted by molar-refractivity contribution is 7.17. The molecule has 3 aromatic heterocycles. The first-order chi connectivity index (χ1) is 15.8. The number of thiazole rings is 1. The van der Waals surface area contributed by atoms with Gasteiger partial charge in [0.25, 0.3) is 0 Å². The largest absolute Gasteiger partial charge is 0.477 e. The molecule has 33 heavy (non-hydrogen) atoms. The third-order valence-electron chi connectivity index (χ3n) is 5.92. The van der Waals surface area contributed by atoms with Crippen LogP contribution in [0.15, 0.2) is 18.6 Å². The molecule has 4 heterocycles. The summed E-state index contributed by atoms with van der Waals surface area (Å²) in [4.78, 5) is 42.6. The number of nitriles is 1. The van der Waals surface area contributed by atoms with Gasteiger partial charge in [-0.1, -0.05) is 29.9 Å². The van der Waals surface area contributed by atoms with Crippen LogP contribution in [0.5, 0.6) is 0 Å². The number of carboxylic acids is 1. The Hall–Kier alpha value is -3.29. The highest BCUT2D eigenvalue weighted by atomic mass is 35.5. The van der Waals surface area contributed by atoms with Crippen molar-refractivity contribution in [2.45, 2.75) is 26.7 Å². The number of piperidine rings is 1. The smallest absolute Gasteiger partial charge is 0.348 e. The molecule has 11 heteroatoms. The number of aromatic amines is 1. The van der Waals surface area contributed by atoms with Gasteiger partial charge in [-0.15, -0.1) is 0 Å². The predicted octanol–water partition coefficient (Wildman–Crippen LogP) is 4.20. The molecular formula is C22H21ClN6O3S. The van der Waals surface area contributed by atoms with Crippen LogP contribution in [0, 0.1) is 30.1 Å². The van der Waals surface area contributed by atoms with Gasteiger partial charge in [-0.2, -0.15) is 5.26 Å². The van der Waals surface area contributed by atoms with Gasteiger partial charge in [0.1, 0.15) is 28.0 Å². The Kier molecular flexibility index (Phi) is 6.44. The minimum Gasteiger partial charge on any atom is -0.477 e. The summed E-state index contributed by atoms with van der Waals surface area (Å²) in [6, 6.07) is 2.02. The fraction of sp³-hybridized carbons (Fsp3) is 0.364. The molecule has 4 rings (SSSR count). The molecule has 0 unspecified atom stereocenters. The fourth-order valence-electron chi connectivity index (χ4n) is 4.11. The molecule has 2 atom stereocenters. The van der Waals surface area contributed by atoms with Gasteiger partial charge in [-0.25, -0.2) is 9.78 Å². The van der Waals surface area contributed by atoms with Crippen LogP contribution in [0.4, 0.5) is 5.13 Å². The maximum atomic E-state index is 12.9. The number of rotatable bonds is 6. The number of ketones is 1.